The van der Waals surface area contributed by atoms with Crippen molar-refractivity contribution in [3.05, 3.63) is 0 Å². The standard InChI is InChI=1S/C22H36O6.C20H34O5/c1-3-22(14-26-17(2)23,15-27-20(24)18-10-6-4-7-11-18)16-28-21(25)19-12-8-5-9-13-19;1-2-20(13-21,14-24-18(22)16-9-5-3-6-10-16)15-25-19(23)17-11-7-4-8-12-17/h18-19H,3-16H2,1-2H3;16-17,21H,2-15H2,1H3. The molecular formula is C42H70O11. The Morgan fingerprint density at radius 2 is 0.679 bits per heavy atom. The highest BCUT2D eigenvalue weighted by Gasteiger charge is 2.37. The van der Waals surface area contributed by atoms with Crippen LogP contribution in [0.2, 0.25) is 0 Å². The quantitative estimate of drug-likeness (QED) is 0.114. The Balaban J connectivity index is 0.000000287. The molecule has 0 heterocycles. The molecule has 4 saturated carbocycles. The number of aliphatic hydroxyl groups is 1. The molecular weight excluding hydrogens is 680 g/mol. The number of esters is 5. The minimum Gasteiger partial charge on any atom is -0.465 e. The van der Waals surface area contributed by atoms with Crippen LogP contribution in [0.5, 0.6) is 0 Å². The van der Waals surface area contributed by atoms with E-state index in [0.717, 1.165) is 103 Å². The van der Waals surface area contributed by atoms with Crippen LogP contribution >= 0.6 is 0 Å². The number of hydrogen-bond donors (Lipinski definition) is 1. The second kappa shape index (κ2) is 24.0. The van der Waals surface area contributed by atoms with E-state index in [1.165, 1.54) is 32.6 Å². The summed E-state index contributed by atoms with van der Waals surface area (Å²) in [5.41, 5.74) is -1.38. The SMILES string of the molecule is CCC(CO)(COC(=O)C1CCCCC1)COC(=O)C1CCCCC1.CCC(COC(C)=O)(COC(=O)C1CCCCC1)COC(=O)C1CCCCC1. The summed E-state index contributed by atoms with van der Waals surface area (Å²) in [5.74, 6) is -1.18. The average molecular weight is 751 g/mol. The lowest BCUT2D eigenvalue weighted by atomic mass is 9.86. The predicted molar refractivity (Wildman–Crippen MR) is 199 cm³/mol. The predicted octanol–water partition coefficient (Wildman–Crippen LogP) is 7.82. The molecule has 0 radical (unpaired) electrons. The molecule has 0 atom stereocenters. The zero-order valence-electron chi connectivity index (χ0n) is 33.1. The van der Waals surface area contributed by atoms with Gasteiger partial charge in [0.05, 0.1) is 41.1 Å². The van der Waals surface area contributed by atoms with Crippen molar-refractivity contribution in [3.8, 4) is 0 Å². The van der Waals surface area contributed by atoms with Gasteiger partial charge in [-0.15, -0.1) is 0 Å². The van der Waals surface area contributed by atoms with Crippen molar-refractivity contribution >= 4 is 29.8 Å². The first-order chi connectivity index (χ1) is 25.6. The largest absolute Gasteiger partial charge is 0.465 e. The van der Waals surface area contributed by atoms with Gasteiger partial charge in [-0.1, -0.05) is 90.9 Å². The molecule has 0 aromatic carbocycles. The van der Waals surface area contributed by atoms with Crippen molar-refractivity contribution in [2.24, 2.45) is 34.5 Å². The fourth-order valence-electron chi connectivity index (χ4n) is 7.86. The molecule has 304 valence electrons. The van der Waals surface area contributed by atoms with Crippen molar-refractivity contribution < 1.29 is 52.8 Å². The summed E-state index contributed by atoms with van der Waals surface area (Å²) in [5, 5.41) is 9.84. The molecule has 53 heavy (non-hydrogen) atoms. The third-order valence-electron chi connectivity index (χ3n) is 12.3. The van der Waals surface area contributed by atoms with Crippen molar-refractivity contribution in [2.75, 3.05) is 39.6 Å². The summed E-state index contributed by atoms with van der Waals surface area (Å²) in [6, 6.07) is 0. The number of carbonyl (C=O) groups excluding carboxylic acids is 5. The van der Waals surface area contributed by atoms with E-state index in [0.29, 0.717) is 12.8 Å². The third kappa shape index (κ3) is 15.5. The Bertz CT molecular complexity index is 1040. The molecule has 11 heteroatoms. The molecule has 0 bridgehead atoms. The van der Waals surface area contributed by atoms with Gasteiger partial charge in [0.15, 0.2) is 0 Å². The molecule has 4 aliphatic rings. The first-order valence-corrected chi connectivity index (χ1v) is 21.0. The van der Waals surface area contributed by atoms with Gasteiger partial charge in [-0.3, -0.25) is 24.0 Å². The van der Waals surface area contributed by atoms with Gasteiger partial charge in [0.2, 0.25) is 0 Å². The summed E-state index contributed by atoms with van der Waals surface area (Å²) >= 11 is 0. The van der Waals surface area contributed by atoms with E-state index < -0.39 is 16.8 Å². The van der Waals surface area contributed by atoms with Crippen molar-refractivity contribution in [3.63, 3.8) is 0 Å². The zero-order chi connectivity index (χ0) is 38.5. The molecule has 0 spiro atoms. The lowest BCUT2D eigenvalue weighted by Gasteiger charge is -2.32. The number of rotatable bonds is 17. The van der Waals surface area contributed by atoms with Crippen LogP contribution < -0.4 is 0 Å². The summed E-state index contributed by atoms with van der Waals surface area (Å²) in [6.45, 7) is 5.58. The Kier molecular flexibility index (Phi) is 20.2. The fraction of sp³-hybridized carbons (Fsp3) is 0.881. The third-order valence-corrected chi connectivity index (χ3v) is 12.3. The van der Waals surface area contributed by atoms with Crippen LogP contribution in [0.3, 0.4) is 0 Å². The lowest BCUT2D eigenvalue weighted by molar-refractivity contribution is -0.167. The van der Waals surface area contributed by atoms with Crippen LogP contribution in [0.15, 0.2) is 0 Å². The first kappa shape index (κ1) is 44.7. The van der Waals surface area contributed by atoms with Crippen LogP contribution in [-0.2, 0) is 47.7 Å². The van der Waals surface area contributed by atoms with Gasteiger partial charge < -0.3 is 28.8 Å². The van der Waals surface area contributed by atoms with Crippen molar-refractivity contribution in [1.82, 2.24) is 0 Å². The average Bonchev–Trinajstić information content (AvgIpc) is 3.22. The van der Waals surface area contributed by atoms with Crippen molar-refractivity contribution in [1.29, 1.82) is 0 Å². The van der Waals surface area contributed by atoms with E-state index in [-0.39, 0.29) is 87.2 Å². The van der Waals surface area contributed by atoms with E-state index in [4.69, 9.17) is 23.7 Å². The van der Waals surface area contributed by atoms with Gasteiger partial charge in [-0.2, -0.15) is 0 Å². The van der Waals surface area contributed by atoms with E-state index >= 15 is 0 Å². The molecule has 4 aliphatic carbocycles. The van der Waals surface area contributed by atoms with Gasteiger partial charge in [-0.25, -0.2) is 0 Å². The highest BCUT2D eigenvalue weighted by atomic mass is 16.6. The van der Waals surface area contributed by atoms with E-state index in [1.807, 2.05) is 13.8 Å². The van der Waals surface area contributed by atoms with Crippen LogP contribution in [0.1, 0.15) is 162 Å². The van der Waals surface area contributed by atoms with Gasteiger partial charge in [0.25, 0.3) is 0 Å². The maximum atomic E-state index is 12.4. The van der Waals surface area contributed by atoms with Crippen molar-refractivity contribution in [2.45, 2.75) is 162 Å². The first-order valence-electron chi connectivity index (χ1n) is 21.0. The summed E-state index contributed by atoms with van der Waals surface area (Å²) in [7, 11) is 0. The number of carbonyl (C=O) groups is 5. The number of aliphatic hydroxyl groups excluding tert-OH is 1. The maximum absolute atomic E-state index is 12.4. The van der Waals surface area contributed by atoms with Crippen LogP contribution in [0, 0.1) is 34.5 Å². The molecule has 0 amide bonds. The summed E-state index contributed by atoms with van der Waals surface area (Å²) < 4.78 is 27.5. The molecule has 0 aliphatic heterocycles. The molecule has 4 fully saturated rings. The summed E-state index contributed by atoms with van der Waals surface area (Å²) in [4.78, 5) is 60.7. The van der Waals surface area contributed by atoms with Gasteiger partial charge in [-0.05, 0) is 64.2 Å². The van der Waals surface area contributed by atoms with Crippen LogP contribution in [0.4, 0.5) is 0 Å². The second-order valence-corrected chi connectivity index (χ2v) is 16.4. The maximum Gasteiger partial charge on any atom is 0.308 e. The monoisotopic (exact) mass is 750 g/mol. The van der Waals surface area contributed by atoms with Crippen LogP contribution in [-0.4, -0.2) is 74.6 Å². The van der Waals surface area contributed by atoms with Gasteiger partial charge >= 0.3 is 29.8 Å². The highest BCUT2D eigenvalue weighted by molar-refractivity contribution is 5.74. The Morgan fingerprint density at radius 3 is 0.906 bits per heavy atom. The minimum atomic E-state index is -0.694. The van der Waals surface area contributed by atoms with Gasteiger partial charge in [0, 0.05) is 6.92 Å². The number of hydrogen-bond acceptors (Lipinski definition) is 11. The van der Waals surface area contributed by atoms with E-state index in [9.17, 15) is 29.1 Å². The van der Waals surface area contributed by atoms with Gasteiger partial charge in [0.1, 0.15) is 33.0 Å². The van der Waals surface area contributed by atoms with Crippen LogP contribution in [0.25, 0.3) is 0 Å². The zero-order valence-corrected chi connectivity index (χ0v) is 33.1. The molecule has 11 nitrogen and oxygen atoms in total. The smallest absolute Gasteiger partial charge is 0.308 e. The lowest BCUT2D eigenvalue weighted by Crippen LogP contribution is -2.40. The molecule has 0 aromatic heterocycles. The molecule has 0 unspecified atom stereocenters. The van der Waals surface area contributed by atoms with E-state index in [1.54, 1.807) is 0 Å². The highest BCUT2D eigenvalue weighted by Crippen LogP contribution is 2.32. The number of ether oxygens (including phenoxy) is 5. The molecule has 1 N–H and O–H groups in total. The Morgan fingerprint density at radius 1 is 0.434 bits per heavy atom. The minimum absolute atomic E-state index is 0.00760. The topological polar surface area (TPSA) is 152 Å². The Labute approximate surface area is 318 Å². The fourth-order valence-corrected chi connectivity index (χ4v) is 7.86. The molecule has 0 saturated heterocycles. The molecule has 4 rings (SSSR count). The normalized spacial score (nSPS) is 19.6. The van der Waals surface area contributed by atoms with E-state index in [2.05, 4.69) is 0 Å². The second-order valence-electron chi connectivity index (χ2n) is 16.4. The molecule has 0 aromatic rings. The summed E-state index contributed by atoms with van der Waals surface area (Å²) in [6.07, 6.45) is 21.6. The Hall–Kier alpha value is -2.69.